The maximum atomic E-state index is 12.9. The van der Waals surface area contributed by atoms with E-state index in [0.717, 1.165) is 11.8 Å². The molecule has 31 heavy (non-hydrogen) atoms. The minimum Gasteiger partial charge on any atom is -0.497 e. The normalized spacial score (nSPS) is 11.6. The molecule has 2 N–H and O–H groups in total. The van der Waals surface area contributed by atoms with Gasteiger partial charge in [-0.1, -0.05) is 6.92 Å². The summed E-state index contributed by atoms with van der Waals surface area (Å²) < 4.78 is 22.2. The molecule has 0 saturated heterocycles. The maximum absolute atomic E-state index is 12.9. The van der Waals surface area contributed by atoms with Gasteiger partial charge in [-0.2, -0.15) is 0 Å². The van der Waals surface area contributed by atoms with E-state index in [9.17, 15) is 9.59 Å². The van der Waals surface area contributed by atoms with Crippen LogP contribution in [0.4, 0.5) is 5.69 Å². The molecule has 1 heterocycles. The zero-order valence-corrected chi connectivity index (χ0v) is 18.4. The fourth-order valence-electron chi connectivity index (χ4n) is 2.84. The molecule has 0 saturated carbocycles. The van der Waals surface area contributed by atoms with Gasteiger partial charge in [0.2, 0.25) is 11.6 Å². The van der Waals surface area contributed by atoms with E-state index in [1.54, 1.807) is 56.7 Å². The average Bonchev–Trinajstić information content (AvgIpc) is 3.17. The number of H-pyrrole nitrogens is 1. The lowest BCUT2D eigenvalue weighted by Gasteiger charge is -2.15. The topological polar surface area (TPSA) is 107 Å². The van der Waals surface area contributed by atoms with Gasteiger partial charge in [0.1, 0.15) is 17.2 Å². The predicted octanol–water partition coefficient (Wildman–Crippen LogP) is 2.78. The van der Waals surface area contributed by atoms with Gasteiger partial charge in [0.05, 0.1) is 32.3 Å². The van der Waals surface area contributed by atoms with E-state index in [-0.39, 0.29) is 10.9 Å². The van der Waals surface area contributed by atoms with E-state index in [1.807, 2.05) is 6.92 Å². The zero-order valence-electron chi connectivity index (χ0n) is 17.6. The Bertz CT molecular complexity index is 1090. The molecule has 0 bridgehead atoms. The van der Waals surface area contributed by atoms with Crippen LogP contribution in [-0.2, 0) is 4.79 Å². The Hall–Kier alpha value is -3.40. The molecule has 0 fully saturated rings. The third kappa shape index (κ3) is 5.02. The molecule has 1 aromatic heterocycles. The summed E-state index contributed by atoms with van der Waals surface area (Å²) in [5, 5.41) is 5.15. The number of hydrogen-bond donors (Lipinski definition) is 2. The molecule has 0 aliphatic rings. The van der Waals surface area contributed by atoms with E-state index in [0.29, 0.717) is 35.0 Å². The highest BCUT2D eigenvalue weighted by atomic mass is 32.2. The summed E-state index contributed by atoms with van der Waals surface area (Å²) in [5.41, 5.74) is 0.617. The number of aromatic nitrogens is 2. The van der Waals surface area contributed by atoms with Gasteiger partial charge in [0, 0.05) is 18.2 Å². The Morgan fingerprint density at radius 2 is 1.77 bits per heavy atom. The molecular formula is C21H24N3O6S+. The van der Waals surface area contributed by atoms with Crippen molar-refractivity contribution in [3.8, 4) is 22.9 Å². The van der Waals surface area contributed by atoms with Crippen LogP contribution in [-0.4, -0.2) is 37.8 Å². The lowest BCUT2D eigenvalue weighted by atomic mass is 10.2. The number of nitrogens with zero attached hydrogens (tertiary/aromatic N) is 1. The zero-order chi connectivity index (χ0) is 22.4. The van der Waals surface area contributed by atoms with Crippen molar-refractivity contribution in [2.45, 2.75) is 23.6 Å². The summed E-state index contributed by atoms with van der Waals surface area (Å²) in [6, 6.07) is 12.2. The number of carbonyl (C=O) groups is 1. The number of methoxy groups -OCH3 is 3. The molecular weight excluding hydrogens is 422 g/mol. The smallest absolute Gasteiger partial charge is 0.442 e. The van der Waals surface area contributed by atoms with Crippen molar-refractivity contribution < 1.29 is 28.2 Å². The molecule has 2 aromatic carbocycles. The van der Waals surface area contributed by atoms with Gasteiger partial charge in [-0.15, -0.1) is 0 Å². The first-order chi connectivity index (χ1) is 15.0. The molecule has 164 valence electrons. The van der Waals surface area contributed by atoms with Gasteiger partial charge >= 0.3 is 10.7 Å². The van der Waals surface area contributed by atoms with Crippen LogP contribution in [0.2, 0.25) is 0 Å². The minimum atomic E-state index is -0.561. The first kappa shape index (κ1) is 22.3. The monoisotopic (exact) mass is 446 g/mol. The molecule has 10 heteroatoms. The Morgan fingerprint density at radius 1 is 1.10 bits per heavy atom. The molecule has 1 atom stereocenters. The molecule has 0 aliphatic carbocycles. The van der Waals surface area contributed by atoms with E-state index in [1.165, 1.54) is 11.8 Å². The number of anilines is 1. The van der Waals surface area contributed by atoms with Crippen LogP contribution in [0.1, 0.15) is 13.3 Å². The summed E-state index contributed by atoms with van der Waals surface area (Å²) in [6.45, 7) is 1.87. The first-order valence-corrected chi connectivity index (χ1v) is 10.4. The van der Waals surface area contributed by atoms with Crippen molar-refractivity contribution in [3.63, 3.8) is 0 Å². The fourth-order valence-corrected chi connectivity index (χ4v) is 3.83. The van der Waals surface area contributed by atoms with Crippen LogP contribution in [0, 0.1) is 0 Å². The predicted molar refractivity (Wildman–Crippen MR) is 116 cm³/mol. The lowest BCUT2D eigenvalue weighted by Crippen LogP contribution is -2.37. The van der Waals surface area contributed by atoms with Crippen LogP contribution in [0.15, 0.2) is 56.8 Å². The standard InChI is InChI=1S/C21H23N3O6S/c1-5-18(19(25)22-16-11-10-15(28-3)12-17(16)29-4)31-20-21(26)30-23-24(20)13-6-8-14(27-2)9-7-13/h6-12,18H,5H2,1-4H3,(H-,22,23,25,26)/p+1. The Balaban J connectivity index is 1.82. The van der Waals surface area contributed by atoms with Crippen LogP contribution in [0.25, 0.3) is 5.69 Å². The van der Waals surface area contributed by atoms with Crippen molar-refractivity contribution in [2.24, 2.45) is 0 Å². The fraction of sp³-hybridized carbons (Fsp3) is 0.286. The number of carbonyl (C=O) groups excluding carboxylic acids is 1. The summed E-state index contributed by atoms with van der Waals surface area (Å²) in [7, 11) is 4.64. The van der Waals surface area contributed by atoms with E-state index < -0.39 is 10.9 Å². The summed E-state index contributed by atoms with van der Waals surface area (Å²) >= 11 is 1.12. The summed E-state index contributed by atoms with van der Waals surface area (Å²) in [5.74, 6) is 1.50. The first-order valence-electron chi connectivity index (χ1n) is 9.48. The van der Waals surface area contributed by atoms with Crippen LogP contribution >= 0.6 is 11.8 Å². The number of aromatic amines is 1. The molecule has 1 amide bonds. The summed E-state index contributed by atoms with van der Waals surface area (Å²) in [6.07, 6.45) is 0.488. The van der Waals surface area contributed by atoms with Crippen molar-refractivity contribution in [1.29, 1.82) is 0 Å². The van der Waals surface area contributed by atoms with Gasteiger partial charge in [0.25, 0.3) is 0 Å². The second-order valence-electron chi connectivity index (χ2n) is 6.39. The molecule has 0 spiro atoms. The largest absolute Gasteiger partial charge is 0.497 e. The summed E-state index contributed by atoms with van der Waals surface area (Å²) in [4.78, 5) is 25.3. The maximum Gasteiger partial charge on any atom is 0.442 e. The average molecular weight is 447 g/mol. The SMILES string of the molecule is CCC(Sc1c(=O)o[nH][n+]1-c1ccc(OC)cc1)C(=O)Nc1ccc(OC)cc1OC. The molecule has 9 nitrogen and oxygen atoms in total. The van der Waals surface area contributed by atoms with Gasteiger partial charge in [0.15, 0.2) is 0 Å². The molecule has 3 rings (SSSR count). The number of benzene rings is 2. The van der Waals surface area contributed by atoms with Gasteiger partial charge in [-0.05, 0) is 52.4 Å². The third-order valence-electron chi connectivity index (χ3n) is 4.52. The van der Waals surface area contributed by atoms with Crippen molar-refractivity contribution in [3.05, 3.63) is 52.9 Å². The van der Waals surface area contributed by atoms with Crippen LogP contribution in [0.3, 0.4) is 0 Å². The number of amides is 1. The van der Waals surface area contributed by atoms with Gasteiger partial charge < -0.3 is 19.5 Å². The lowest BCUT2D eigenvalue weighted by molar-refractivity contribution is -0.704. The Morgan fingerprint density at radius 3 is 2.39 bits per heavy atom. The molecule has 1 unspecified atom stereocenters. The third-order valence-corrected chi connectivity index (χ3v) is 5.93. The van der Waals surface area contributed by atoms with E-state index in [4.69, 9.17) is 18.7 Å². The number of nitrogens with one attached hydrogen (secondary N) is 2. The van der Waals surface area contributed by atoms with Gasteiger partial charge in [-0.3, -0.25) is 9.32 Å². The molecule has 0 aliphatic heterocycles. The van der Waals surface area contributed by atoms with Crippen LogP contribution < -0.4 is 29.8 Å². The van der Waals surface area contributed by atoms with Gasteiger partial charge in [-0.25, -0.2) is 4.79 Å². The van der Waals surface area contributed by atoms with E-state index >= 15 is 0 Å². The molecule has 0 radical (unpaired) electrons. The van der Waals surface area contributed by atoms with Crippen molar-refractivity contribution in [2.75, 3.05) is 26.6 Å². The van der Waals surface area contributed by atoms with E-state index in [2.05, 4.69) is 10.6 Å². The minimum absolute atomic E-state index is 0.258. The number of rotatable bonds is 9. The number of ether oxygens (including phenoxy) is 3. The van der Waals surface area contributed by atoms with Crippen LogP contribution in [0.5, 0.6) is 17.2 Å². The number of thioether (sulfide) groups is 1. The highest BCUT2D eigenvalue weighted by molar-refractivity contribution is 8.00. The van der Waals surface area contributed by atoms with Crippen molar-refractivity contribution >= 4 is 23.4 Å². The number of hydrogen-bond acceptors (Lipinski definition) is 7. The highest BCUT2D eigenvalue weighted by Gasteiger charge is 2.30. The quantitative estimate of drug-likeness (QED) is 0.384. The molecule has 3 aromatic rings. The highest BCUT2D eigenvalue weighted by Crippen LogP contribution is 2.30. The second-order valence-corrected chi connectivity index (χ2v) is 7.58. The Kier molecular flexibility index (Phi) is 7.24. The van der Waals surface area contributed by atoms with Crippen molar-refractivity contribution in [1.82, 2.24) is 5.27 Å². The Labute approximate surface area is 183 Å². The second kappa shape index (κ2) is 10.1.